The third-order valence-corrected chi connectivity index (χ3v) is 3.12. The lowest BCUT2D eigenvalue weighted by Gasteiger charge is -2.20. The SMILES string of the molecule is CC(C)N(C)CC(=O)NCC(O)Cc1ccccc1. The maximum absolute atomic E-state index is 11.7. The first-order valence-corrected chi connectivity index (χ1v) is 6.68. The summed E-state index contributed by atoms with van der Waals surface area (Å²) in [6.45, 7) is 4.73. The predicted molar refractivity (Wildman–Crippen MR) is 76.9 cm³/mol. The van der Waals surface area contributed by atoms with Gasteiger partial charge in [0.15, 0.2) is 0 Å². The van der Waals surface area contributed by atoms with Crippen molar-refractivity contribution in [2.24, 2.45) is 0 Å². The maximum atomic E-state index is 11.7. The number of aliphatic hydroxyl groups excluding tert-OH is 1. The molecule has 4 nitrogen and oxygen atoms in total. The third-order valence-electron chi connectivity index (χ3n) is 3.12. The summed E-state index contributed by atoms with van der Waals surface area (Å²) in [6, 6.07) is 10.1. The molecule has 0 radical (unpaired) electrons. The van der Waals surface area contributed by atoms with E-state index in [9.17, 15) is 9.90 Å². The normalized spacial score (nSPS) is 12.7. The van der Waals surface area contributed by atoms with E-state index >= 15 is 0 Å². The Morgan fingerprint density at radius 1 is 1.32 bits per heavy atom. The van der Waals surface area contributed by atoms with Crippen LogP contribution in [0.1, 0.15) is 19.4 Å². The largest absolute Gasteiger partial charge is 0.391 e. The second kappa shape index (κ2) is 7.92. The van der Waals surface area contributed by atoms with Crippen LogP contribution in [0.25, 0.3) is 0 Å². The molecular formula is C15H24N2O2. The maximum Gasteiger partial charge on any atom is 0.234 e. The standard InChI is InChI=1S/C15H24N2O2/c1-12(2)17(3)11-15(19)16-10-14(18)9-13-7-5-4-6-8-13/h4-8,12,14,18H,9-11H2,1-3H3,(H,16,19). The number of benzene rings is 1. The number of hydrogen-bond donors (Lipinski definition) is 2. The molecule has 0 aliphatic heterocycles. The fourth-order valence-electron chi connectivity index (χ4n) is 1.65. The van der Waals surface area contributed by atoms with Gasteiger partial charge in [0, 0.05) is 19.0 Å². The smallest absolute Gasteiger partial charge is 0.234 e. The molecule has 0 saturated heterocycles. The van der Waals surface area contributed by atoms with Gasteiger partial charge < -0.3 is 10.4 Å². The molecule has 1 rings (SSSR count). The topological polar surface area (TPSA) is 52.6 Å². The number of nitrogens with one attached hydrogen (secondary N) is 1. The molecule has 0 spiro atoms. The van der Waals surface area contributed by atoms with E-state index in [2.05, 4.69) is 5.32 Å². The lowest BCUT2D eigenvalue weighted by molar-refractivity contribution is -0.122. The molecule has 2 N–H and O–H groups in total. The van der Waals surface area contributed by atoms with E-state index in [-0.39, 0.29) is 5.91 Å². The number of amides is 1. The highest BCUT2D eigenvalue weighted by atomic mass is 16.3. The van der Waals surface area contributed by atoms with Crippen molar-refractivity contribution in [3.63, 3.8) is 0 Å². The van der Waals surface area contributed by atoms with Gasteiger partial charge in [-0.25, -0.2) is 0 Å². The third kappa shape index (κ3) is 6.36. The Bertz CT molecular complexity index is 379. The number of nitrogens with zero attached hydrogens (tertiary/aromatic N) is 1. The van der Waals surface area contributed by atoms with Crippen LogP contribution in [0.2, 0.25) is 0 Å². The molecule has 1 amide bonds. The Morgan fingerprint density at radius 3 is 2.53 bits per heavy atom. The minimum atomic E-state index is -0.546. The van der Waals surface area contributed by atoms with Gasteiger partial charge in [0.1, 0.15) is 0 Å². The number of likely N-dealkylation sites (N-methyl/N-ethyl adjacent to an activating group) is 1. The summed E-state index contributed by atoms with van der Waals surface area (Å²) in [5.41, 5.74) is 1.07. The number of aliphatic hydroxyl groups is 1. The first kappa shape index (κ1) is 15.7. The van der Waals surface area contributed by atoms with Crippen LogP contribution in [0, 0.1) is 0 Å². The zero-order valence-corrected chi connectivity index (χ0v) is 12.0. The predicted octanol–water partition coefficient (Wildman–Crippen LogP) is 1.05. The molecule has 1 atom stereocenters. The van der Waals surface area contributed by atoms with E-state index in [1.54, 1.807) is 0 Å². The van der Waals surface area contributed by atoms with E-state index < -0.39 is 6.10 Å². The quantitative estimate of drug-likeness (QED) is 0.774. The second-order valence-corrected chi connectivity index (χ2v) is 5.16. The molecule has 0 aliphatic rings. The van der Waals surface area contributed by atoms with Crippen molar-refractivity contribution in [3.05, 3.63) is 35.9 Å². The number of rotatable bonds is 7. The molecule has 0 bridgehead atoms. The van der Waals surface area contributed by atoms with Gasteiger partial charge in [0.2, 0.25) is 5.91 Å². The molecule has 1 aromatic carbocycles. The van der Waals surface area contributed by atoms with Crippen LogP contribution in [0.5, 0.6) is 0 Å². The van der Waals surface area contributed by atoms with Crippen molar-refractivity contribution in [2.75, 3.05) is 20.1 Å². The number of carbonyl (C=O) groups is 1. The van der Waals surface area contributed by atoms with Crippen molar-refractivity contribution in [3.8, 4) is 0 Å². The van der Waals surface area contributed by atoms with Gasteiger partial charge >= 0.3 is 0 Å². The Labute approximate surface area is 115 Å². The van der Waals surface area contributed by atoms with Gasteiger partial charge in [-0.1, -0.05) is 30.3 Å². The van der Waals surface area contributed by atoms with Gasteiger partial charge in [0.05, 0.1) is 12.6 Å². The van der Waals surface area contributed by atoms with E-state index in [0.717, 1.165) is 5.56 Å². The van der Waals surface area contributed by atoms with E-state index in [0.29, 0.717) is 25.6 Å². The Kier molecular flexibility index (Phi) is 6.53. The van der Waals surface area contributed by atoms with E-state index in [4.69, 9.17) is 0 Å². The van der Waals surface area contributed by atoms with Crippen LogP contribution in [0.3, 0.4) is 0 Å². The highest BCUT2D eigenvalue weighted by Gasteiger charge is 2.11. The zero-order valence-electron chi connectivity index (χ0n) is 12.0. The molecule has 0 saturated carbocycles. The minimum absolute atomic E-state index is 0.0525. The monoisotopic (exact) mass is 264 g/mol. The van der Waals surface area contributed by atoms with E-state index in [1.807, 2.05) is 56.1 Å². The fraction of sp³-hybridized carbons (Fsp3) is 0.533. The lowest BCUT2D eigenvalue weighted by Crippen LogP contribution is -2.41. The molecule has 0 heterocycles. The van der Waals surface area contributed by atoms with Crippen LogP contribution in [-0.4, -0.2) is 48.2 Å². The molecule has 0 aromatic heterocycles. The van der Waals surface area contributed by atoms with E-state index in [1.165, 1.54) is 0 Å². The second-order valence-electron chi connectivity index (χ2n) is 5.16. The Balaban J connectivity index is 2.26. The minimum Gasteiger partial charge on any atom is -0.391 e. The van der Waals surface area contributed by atoms with Crippen LogP contribution in [0.15, 0.2) is 30.3 Å². The molecule has 0 fully saturated rings. The number of hydrogen-bond acceptors (Lipinski definition) is 3. The summed E-state index contributed by atoms with van der Waals surface area (Å²) in [5.74, 6) is -0.0525. The first-order chi connectivity index (χ1) is 8.99. The summed E-state index contributed by atoms with van der Waals surface area (Å²) >= 11 is 0. The van der Waals surface area contributed by atoms with Crippen molar-refractivity contribution < 1.29 is 9.90 Å². The molecule has 19 heavy (non-hydrogen) atoms. The molecule has 0 aliphatic carbocycles. The summed E-state index contributed by atoms with van der Waals surface area (Å²) in [7, 11) is 1.91. The van der Waals surface area contributed by atoms with Gasteiger partial charge in [0.25, 0.3) is 0 Å². The highest BCUT2D eigenvalue weighted by Crippen LogP contribution is 2.02. The Morgan fingerprint density at radius 2 is 1.95 bits per heavy atom. The number of carbonyl (C=O) groups excluding carboxylic acids is 1. The van der Waals surface area contributed by atoms with Crippen LogP contribution >= 0.6 is 0 Å². The van der Waals surface area contributed by atoms with Crippen molar-refractivity contribution in [1.29, 1.82) is 0 Å². The fourth-order valence-corrected chi connectivity index (χ4v) is 1.65. The Hall–Kier alpha value is -1.39. The zero-order chi connectivity index (χ0) is 14.3. The molecule has 4 heteroatoms. The van der Waals surface area contributed by atoms with Crippen molar-refractivity contribution in [2.45, 2.75) is 32.4 Å². The average Bonchev–Trinajstić information content (AvgIpc) is 2.37. The van der Waals surface area contributed by atoms with Crippen molar-refractivity contribution >= 4 is 5.91 Å². The van der Waals surface area contributed by atoms with Gasteiger partial charge in [-0.15, -0.1) is 0 Å². The van der Waals surface area contributed by atoms with Crippen LogP contribution < -0.4 is 5.32 Å². The average molecular weight is 264 g/mol. The first-order valence-electron chi connectivity index (χ1n) is 6.68. The highest BCUT2D eigenvalue weighted by molar-refractivity contribution is 5.78. The summed E-state index contributed by atoms with van der Waals surface area (Å²) in [5, 5.41) is 12.6. The molecule has 106 valence electrons. The molecule has 1 unspecified atom stereocenters. The van der Waals surface area contributed by atoms with Gasteiger partial charge in [-0.2, -0.15) is 0 Å². The van der Waals surface area contributed by atoms with Gasteiger partial charge in [-0.3, -0.25) is 9.69 Å². The van der Waals surface area contributed by atoms with Crippen LogP contribution in [0.4, 0.5) is 0 Å². The molecular weight excluding hydrogens is 240 g/mol. The van der Waals surface area contributed by atoms with Crippen LogP contribution in [-0.2, 0) is 11.2 Å². The summed E-state index contributed by atoms with van der Waals surface area (Å²) in [4.78, 5) is 13.6. The summed E-state index contributed by atoms with van der Waals surface area (Å²) < 4.78 is 0. The summed E-state index contributed by atoms with van der Waals surface area (Å²) in [6.07, 6.45) is 0.0110. The van der Waals surface area contributed by atoms with Gasteiger partial charge in [-0.05, 0) is 26.5 Å². The lowest BCUT2D eigenvalue weighted by atomic mass is 10.1. The van der Waals surface area contributed by atoms with Crippen molar-refractivity contribution in [1.82, 2.24) is 10.2 Å². The molecule has 1 aromatic rings.